The molecule has 1 aliphatic heterocycles. The van der Waals surface area contributed by atoms with E-state index in [2.05, 4.69) is 24.1 Å². The van der Waals surface area contributed by atoms with Gasteiger partial charge in [0.05, 0.1) is 0 Å². The summed E-state index contributed by atoms with van der Waals surface area (Å²) in [6.07, 6.45) is 2.45. The normalized spacial score (nSPS) is 18.4. The van der Waals surface area contributed by atoms with Gasteiger partial charge in [0.15, 0.2) is 0 Å². The summed E-state index contributed by atoms with van der Waals surface area (Å²) in [5.74, 6) is 1.03. The van der Waals surface area contributed by atoms with Gasteiger partial charge >= 0.3 is 0 Å². The molecule has 1 aliphatic rings. The molecular formula is C16H26N2O2. The minimum atomic E-state index is 0.111. The van der Waals surface area contributed by atoms with Crippen molar-refractivity contribution in [2.24, 2.45) is 5.92 Å². The highest BCUT2D eigenvalue weighted by molar-refractivity contribution is 5.40. The van der Waals surface area contributed by atoms with Gasteiger partial charge in [0.1, 0.15) is 11.5 Å². The number of phenols is 2. The molecule has 0 radical (unpaired) electrons. The van der Waals surface area contributed by atoms with E-state index in [4.69, 9.17) is 0 Å². The predicted octanol–water partition coefficient (Wildman–Crippen LogP) is 2.48. The third-order valence-electron chi connectivity index (χ3n) is 4.37. The minimum Gasteiger partial charge on any atom is -0.508 e. The van der Waals surface area contributed by atoms with Crippen molar-refractivity contribution in [1.82, 2.24) is 10.2 Å². The summed E-state index contributed by atoms with van der Waals surface area (Å²) >= 11 is 0. The number of nitrogens with zero attached hydrogens (tertiary/aromatic N) is 1. The van der Waals surface area contributed by atoms with Gasteiger partial charge in [0, 0.05) is 24.2 Å². The maximum Gasteiger partial charge on any atom is 0.124 e. The Hall–Kier alpha value is -1.26. The molecule has 20 heavy (non-hydrogen) atoms. The van der Waals surface area contributed by atoms with Gasteiger partial charge in [0.2, 0.25) is 0 Å². The first-order chi connectivity index (χ1) is 9.61. The number of hydrogen-bond donors (Lipinski definition) is 3. The predicted molar refractivity (Wildman–Crippen MR) is 81.0 cm³/mol. The van der Waals surface area contributed by atoms with Gasteiger partial charge in [-0.15, -0.1) is 0 Å². The van der Waals surface area contributed by atoms with E-state index < -0.39 is 0 Å². The molecule has 1 fully saturated rings. The highest BCUT2D eigenvalue weighted by Crippen LogP contribution is 2.32. The summed E-state index contributed by atoms with van der Waals surface area (Å²) in [6, 6.07) is 5.05. The van der Waals surface area contributed by atoms with Crippen LogP contribution in [0.3, 0.4) is 0 Å². The first kappa shape index (κ1) is 15.1. The smallest absolute Gasteiger partial charge is 0.124 e. The Morgan fingerprint density at radius 2 is 2.00 bits per heavy atom. The number of phenolic OH excluding ortho intramolecular Hbond substituents is 2. The van der Waals surface area contributed by atoms with Crippen LogP contribution in [0.2, 0.25) is 0 Å². The van der Waals surface area contributed by atoms with Crippen LogP contribution in [0.5, 0.6) is 11.5 Å². The molecule has 0 aliphatic carbocycles. The molecule has 4 nitrogen and oxygen atoms in total. The lowest BCUT2D eigenvalue weighted by atomic mass is 9.96. The second-order valence-corrected chi connectivity index (χ2v) is 5.70. The van der Waals surface area contributed by atoms with E-state index in [9.17, 15) is 10.2 Å². The Bertz CT molecular complexity index is 430. The van der Waals surface area contributed by atoms with E-state index in [-0.39, 0.29) is 17.5 Å². The lowest BCUT2D eigenvalue weighted by Gasteiger charge is -2.33. The number of rotatable bonds is 5. The topological polar surface area (TPSA) is 55.7 Å². The van der Waals surface area contributed by atoms with Gasteiger partial charge in [-0.3, -0.25) is 4.90 Å². The van der Waals surface area contributed by atoms with Crippen LogP contribution < -0.4 is 5.32 Å². The van der Waals surface area contributed by atoms with Gasteiger partial charge in [-0.05, 0) is 51.4 Å². The van der Waals surface area contributed by atoms with E-state index in [1.54, 1.807) is 6.07 Å². The van der Waals surface area contributed by atoms with Crippen molar-refractivity contribution in [3.8, 4) is 11.5 Å². The maximum absolute atomic E-state index is 10.0. The van der Waals surface area contributed by atoms with Crippen LogP contribution >= 0.6 is 0 Å². The molecule has 1 aromatic carbocycles. The van der Waals surface area contributed by atoms with E-state index >= 15 is 0 Å². The molecule has 2 rings (SSSR count). The summed E-state index contributed by atoms with van der Waals surface area (Å²) in [5.41, 5.74) is 0.888. The zero-order chi connectivity index (χ0) is 14.5. The fourth-order valence-electron chi connectivity index (χ4n) is 3.04. The van der Waals surface area contributed by atoms with Crippen LogP contribution in [-0.2, 0) is 0 Å². The number of benzene rings is 1. The first-order valence-corrected chi connectivity index (χ1v) is 7.58. The van der Waals surface area contributed by atoms with Crippen molar-refractivity contribution >= 4 is 0 Å². The summed E-state index contributed by atoms with van der Waals surface area (Å²) in [5, 5.41) is 22.8. The fourth-order valence-corrected chi connectivity index (χ4v) is 3.04. The number of piperidine rings is 1. The van der Waals surface area contributed by atoms with E-state index in [0.717, 1.165) is 37.7 Å². The van der Waals surface area contributed by atoms with Crippen molar-refractivity contribution in [3.05, 3.63) is 23.8 Å². The highest BCUT2D eigenvalue weighted by Gasteiger charge is 2.22. The lowest BCUT2D eigenvalue weighted by Crippen LogP contribution is -2.37. The molecule has 1 atom stereocenters. The van der Waals surface area contributed by atoms with Crippen molar-refractivity contribution in [1.29, 1.82) is 0 Å². The van der Waals surface area contributed by atoms with Crippen molar-refractivity contribution in [2.75, 3.05) is 26.2 Å². The molecule has 4 heteroatoms. The monoisotopic (exact) mass is 278 g/mol. The molecule has 3 N–H and O–H groups in total. The summed E-state index contributed by atoms with van der Waals surface area (Å²) in [7, 11) is 0. The Morgan fingerprint density at radius 3 is 2.60 bits per heavy atom. The summed E-state index contributed by atoms with van der Waals surface area (Å²) in [6.45, 7) is 8.54. The number of hydrogen-bond acceptors (Lipinski definition) is 4. The van der Waals surface area contributed by atoms with Gasteiger partial charge in [-0.2, -0.15) is 0 Å². The first-order valence-electron chi connectivity index (χ1n) is 7.58. The molecule has 1 heterocycles. The van der Waals surface area contributed by atoms with Crippen molar-refractivity contribution < 1.29 is 10.2 Å². The molecule has 0 bridgehead atoms. The maximum atomic E-state index is 10.0. The fraction of sp³-hybridized carbons (Fsp3) is 0.625. The second kappa shape index (κ2) is 6.95. The molecule has 112 valence electrons. The van der Waals surface area contributed by atoms with Gasteiger partial charge in [-0.1, -0.05) is 13.0 Å². The number of aromatic hydroxyl groups is 2. The highest BCUT2D eigenvalue weighted by atomic mass is 16.3. The van der Waals surface area contributed by atoms with Gasteiger partial charge in [-0.25, -0.2) is 0 Å². The van der Waals surface area contributed by atoms with Crippen LogP contribution in [0.15, 0.2) is 18.2 Å². The SMILES string of the molecule is CCN(CC1CCNCC1)C(C)c1ccc(O)cc1O. The van der Waals surface area contributed by atoms with Gasteiger partial charge in [0.25, 0.3) is 0 Å². The van der Waals surface area contributed by atoms with Crippen LogP contribution in [0.1, 0.15) is 38.3 Å². The minimum absolute atomic E-state index is 0.111. The van der Waals surface area contributed by atoms with Crippen LogP contribution in [-0.4, -0.2) is 41.3 Å². The van der Waals surface area contributed by atoms with E-state index in [0.29, 0.717) is 0 Å². The molecule has 0 amide bonds. The lowest BCUT2D eigenvalue weighted by molar-refractivity contribution is 0.166. The third-order valence-corrected chi connectivity index (χ3v) is 4.37. The zero-order valence-corrected chi connectivity index (χ0v) is 12.5. The quantitative estimate of drug-likeness (QED) is 0.774. The molecular weight excluding hydrogens is 252 g/mol. The van der Waals surface area contributed by atoms with Crippen LogP contribution in [0, 0.1) is 5.92 Å². The average Bonchev–Trinajstić information content (AvgIpc) is 2.45. The van der Waals surface area contributed by atoms with E-state index in [1.807, 2.05) is 6.07 Å². The molecule has 0 aromatic heterocycles. The summed E-state index contributed by atoms with van der Waals surface area (Å²) < 4.78 is 0. The molecule has 1 saturated heterocycles. The Labute approximate surface area is 121 Å². The number of nitrogens with one attached hydrogen (secondary N) is 1. The van der Waals surface area contributed by atoms with E-state index in [1.165, 1.54) is 18.9 Å². The van der Waals surface area contributed by atoms with Crippen molar-refractivity contribution in [2.45, 2.75) is 32.7 Å². The van der Waals surface area contributed by atoms with Crippen molar-refractivity contribution in [3.63, 3.8) is 0 Å². The average molecular weight is 278 g/mol. The second-order valence-electron chi connectivity index (χ2n) is 5.70. The Morgan fingerprint density at radius 1 is 1.30 bits per heavy atom. The molecule has 0 saturated carbocycles. The molecule has 0 spiro atoms. The molecule has 1 aromatic rings. The zero-order valence-electron chi connectivity index (χ0n) is 12.5. The van der Waals surface area contributed by atoms with Crippen LogP contribution in [0.25, 0.3) is 0 Å². The molecule has 1 unspecified atom stereocenters. The largest absolute Gasteiger partial charge is 0.508 e. The Kier molecular flexibility index (Phi) is 5.26. The standard InChI is InChI=1S/C16H26N2O2/c1-3-18(11-13-6-8-17-9-7-13)12(2)15-5-4-14(19)10-16(15)20/h4-5,10,12-13,17,19-20H,3,6-9,11H2,1-2H3. The Balaban J connectivity index is 2.05. The summed E-state index contributed by atoms with van der Waals surface area (Å²) in [4.78, 5) is 2.40. The third kappa shape index (κ3) is 3.64. The van der Waals surface area contributed by atoms with Crippen LogP contribution in [0.4, 0.5) is 0 Å². The van der Waals surface area contributed by atoms with Gasteiger partial charge < -0.3 is 15.5 Å².